The number of carbonyl (C=O) groups excluding carboxylic acids is 1. The van der Waals surface area contributed by atoms with Crippen molar-refractivity contribution in [2.75, 3.05) is 13.2 Å². The zero-order valence-electron chi connectivity index (χ0n) is 12.3. The molecular formula is C17H16F3NO2. The van der Waals surface area contributed by atoms with Gasteiger partial charge in [-0.05, 0) is 42.8 Å². The molecular weight excluding hydrogens is 307 g/mol. The van der Waals surface area contributed by atoms with Crippen LogP contribution in [0.3, 0.4) is 0 Å². The minimum absolute atomic E-state index is 0.196. The lowest BCUT2D eigenvalue weighted by atomic mass is 10.1. The normalized spacial score (nSPS) is 11.1. The van der Waals surface area contributed by atoms with Crippen LogP contribution < -0.4 is 10.1 Å². The molecule has 1 N–H and O–H groups in total. The Hall–Kier alpha value is -2.50. The Labute approximate surface area is 132 Å². The van der Waals surface area contributed by atoms with Crippen LogP contribution in [-0.2, 0) is 6.18 Å². The van der Waals surface area contributed by atoms with Crippen molar-refractivity contribution in [3.63, 3.8) is 0 Å². The molecule has 0 atom stereocenters. The van der Waals surface area contributed by atoms with Crippen LogP contribution in [0.5, 0.6) is 5.75 Å². The number of benzene rings is 2. The molecule has 0 unspecified atom stereocenters. The second-order valence-corrected chi connectivity index (χ2v) is 4.85. The molecule has 0 aliphatic heterocycles. The summed E-state index contributed by atoms with van der Waals surface area (Å²) in [6, 6.07) is 13.4. The van der Waals surface area contributed by atoms with Crippen molar-refractivity contribution in [1.82, 2.24) is 5.32 Å². The highest BCUT2D eigenvalue weighted by Gasteiger charge is 2.30. The third-order valence-electron chi connectivity index (χ3n) is 3.09. The maximum atomic E-state index is 12.4. The fourth-order valence-corrected chi connectivity index (χ4v) is 1.89. The van der Waals surface area contributed by atoms with Crippen LogP contribution in [-0.4, -0.2) is 19.1 Å². The summed E-state index contributed by atoms with van der Waals surface area (Å²) in [5, 5.41) is 2.64. The van der Waals surface area contributed by atoms with Crippen LogP contribution in [0.2, 0.25) is 0 Å². The molecule has 0 bridgehead atoms. The summed E-state index contributed by atoms with van der Waals surface area (Å²) >= 11 is 0. The SMILES string of the molecule is O=C(NCCCOc1ccccc1)c1ccc(C(F)(F)F)cc1. The molecule has 0 saturated heterocycles. The van der Waals surface area contributed by atoms with Gasteiger partial charge in [0.15, 0.2) is 0 Å². The third kappa shape index (κ3) is 5.32. The quantitative estimate of drug-likeness (QED) is 0.819. The number of ether oxygens (including phenoxy) is 1. The van der Waals surface area contributed by atoms with Crippen molar-refractivity contribution in [2.24, 2.45) is 0 Å². The van der Waals surface area contributed by atoms with E-state index in [9.17, 15) is 18.0 Å². The average Bonchev–Trinajstić information content (AvgIpc) is 2.54. The number of hydrogen-bond acceptors (Lipinski definition) is 2. The number of rotatable bonds is 6. The zero-order chi connectivity index (χ0) is 16.7. The van der Waals surface area contributed by atoms with E-state index in [1.807, 2.05) is 30.3 Å². The monoisotopic (exact) mass is 323 g/mol. The first-order chi connectivity index (χ1) is 11.0. The lowest BCUT2D eigenvalue weighted by molar-refractivity contribution is -0.137. The molecule has 1 amide bonds. The van der Waals surface area contributed by atoms with Gasteiger partial charge in [0.25, 0.3) is 5.91 Å². The Morgan fingerprint density at radius 1 is 1.00 bits per heavy atom. The summed E-state index contributed by atoms with van der Waals surface area (Å²) in [7, 11) is 0. The lowest BCUT2D eigenvalue weighted by Crippen LogP contribution is -2.25. The lowest BCUT2D eigenvalue weighted by Gasteiger charge is -2.09. The van der Waals surface area contributed by atoms with Gasteiger partial charge in [0.05, 0.1) is 12.2 Å². The zero-order valence-corrected chi connectivity index (χ0v) is 12.3. The topological polar surface area (TPSA) is 38.3 Å². The second-order valence-electron chi connectivity index (χ2n) is 4.85. The van der Waals surface area contributed by atoms with Crippen LogP contribution in [0.1, 0.15) is 22.3 Å². The average molecular weight is 323 g/mol. The summed E-state index contributed by atoms with van der Waals surface area (Å²) in [5.74, 6) is 0.347. The first-order valence-corrected chi connectivity index (χ1v) is 7.10. The van der Waals surface area contributed by atoms with Gasteiger partial charge in [-0.1, -0.05) is 18.2 Å². The van der Waals surface area contributed by atoms with Crippen LogP contribution in [0, 0.1) is 0 Å². The first kappa shape index (κ1) is 16.9. The molecule has 2 rings (SSSR count). The highest BCUT2D eigenvalue weighted by atomic mass is 19.4. The predicted octanol–water partition coefficient (Wildman–Crippen LogP) is 3.90. The summed E-state index contributed by atoms with van der Waals surface area (Å²) in [4.78, 5) is 11.8. The number of para-hydroxylation sites is 1. The minimum Gasteiger partial charge on any atom is -0.494 e. The van der Waals surface area contributed by atoms with Gasteiger partial charge in [-0.3, -0.25) is 4.79 Å². The smallest absolute Gasteiger partial charge is 0.416 e. The third-order valence-corrected chi connectivity index (χ3v) is 3.09. The number of alkyl halides is 3. The number of halogens is 3. The van der Waals surface area contributed by atoms with Crippen LogP contribution in [0.25, 0.3) is 0 Å². The molecule has 23 heavy (non-hydrogen) atoms. The Morgan fingerprint density at radius 2 is 1.65 bits per heavy atom. The second kappa shape index (κ2) is 7.67. The molecule has 0 aliphatic carbocycles. The Bertz CT molecular complexity index is 625. The highest BCUT2D eigenvalue weighted by molar-refractivity contribution is 5.94. The molecule has 6 heteroatoms. The van der Waals surface area contributed by atoms with E-state index in [0.717, 1.165) is 17.9 Å². The standard InChI is InChI=1S/C17H16F3NO2/c18-17(19,20)14-9-7-13(8-10-14)16(22)21-11-4-12-23-15-5-2-1-3-6-15/h1-3,5-10H,4,11-12H2,(H,21,22). The highest BCUT2D eigenvalue weighted by Crippen LogP contribution is 2.29. The number of amides is 1. The van der Waals surface area contributed by atoms with E-state index >= 15 is 0 Å². The van der Waals surface area contributed by atoms with Crippen LogP contribution in [0.15, 0.2) is 54.6 Å². The number of hydrogen-bond donors (Lipinski definition) is 1. The van der Waals surface area contributed by atoms with E-state index in [4.69, 9.17) is 4.74 Å². The first-order valence-electron chi connectivity index (χ1n) is 7.10. The molecule has 0 fully saturated rings. The Balaban J connectivity index is 1.72. The van der Waals surface area contributed by atoms with E-state index in [2.05, 4.69) is 5.32 Å². The Morgan fingerprint density at radius 3 is 2.26 bits per heavy atom. The summed E-state index contributed by atoms with van der Waals surface area (Å²) < 4.78 is 42.8. The van der Waals surface area contributed by atoms with Gasteiger partial charge in [0, 0.05) is 12.1 Å². The maximum Gasteiger partial charge on any atom is 0.416 e. The molecule has 0 saturated carbocycles. The van der Waals surface area contributed by atoms with E-state index in [0.29, 0.717) is 19.6 Å². The summed E-state index contributed by atoms with van der Waals surface area (Å²) in [6.07, 6.45) is -3.80. The molecule has 2 aromatic carbocycles. The van der Waals surface area contributed by atoms with Crippen molar-refractivity contribution < 1.29 is 22.7 Å². The van der Waals surface area contributed by atoms with Crippen molar-refractivity contribution in [2.45, 2.75) is 12.6 Å². The minimum atomic E-state index is -4.40. The van der Waals surface area contributed by atoms with E-state index < -0.39 is 17.6 Å². The number of carbonyl (C=O) groups is 1. The Kier molecular flexibility index (Phi) is 5.62. The largest absolute Gasteiger partial charge is 0.494 e. The molecule has 0 aliphatic rings. The van der Waals surface area contributed by atoms with Gasteiger partial charge in [0.1, 0.15) is 5.75 Å². The molecule has 122 valence electrons. The van der Waals surface area contributed by atoms with Gasteiger partial charge in [-0.15, -0.1) is 0 Å². The number of nitrogens with one attached hydrogen (secondary N) is 1. The van der Waals surface area contributed by atoms with Crippen molar-refractivity contribution >= 4 is 5.91 Å². The van der Waals surface area contributed by atoms with E-state index in [1.54, 1.807) is 0 Å². The van der Waals surface area contributed by atoms with Gasteiger partial charge >= 0.3 is 6.18 Å². The van der Waals surface area contributed by atoms with Gasteiger partial charge in [-0.2, -0.15) is 13.2 Å². The molecule has 3 nitrogen and oxygen atoms in total. The van der Waals surface area contributed by atoms with Crippen molar-refractivity contribution in [3.05, 3.63) is 65.7 Å². The molecule has 0 radical (unpaired) electrons. The van der Waals surface area contributed by atoms with Gasteiger partial charge in [0.2, 0.25) is 0 Å². The summed E-state index contributed by atoms with van der Waals surface area (Å²) in [5.41, 5.74) is -0.577. The fraction of sp³-hybridized carbons (Fsp3) is 0.235. The summed E-state index contributed by atoms with van der Waals surface area (Å²) in [6.45, 7) is 0.823. The van der Waals surface area contributed by atoms with Gasteiger partial charge in [-0.25, -0.2) is 0 Å². The molecule has 2 aromatic rings. The molecule has 0 spiro atoms. The van der Waals surface area contributed by atoms with Gasteiger partial charge < -0.3 is 10.1 Å². The maximum absolute atomic E-state index is 12.4. The van der Waals surface area contributed by atoms with Crippen LogP contribution >= 0.6 is 0 Å². The fourth-order valence-electron chi connectivity index (χ4n) is 1.89. The van der Waals surface area contributed by atoms with E-state index in [-0.39, 0.29) is 5.56 Å². The van der Waals surface area contributed by atoms with Crippen molar-refractivity contribution in [3.8, 4) is 5.75 Å². The van der Waals surface area contributed by atoms with E-state index in [1.165, 1.54) is 12.1 Å². The molecule has 0 heterocycles. The predicted molar refractivity (Wildman–Crippen MR) is 80.3 cm³/mol. The van der Waals surface area contributed by atoms with Crippen LogP contribution in [0.4, 0.5) is 13.2 Å². The van der Waals surface area contributed by atoms with Crippen molar-refractivity contribution in [1.29, 1.82) is 0 Å². The molecule has 0 aromatic heterocycles.